The van der Waals surface area contributed by atoms with Crippen LogP contribution in [0.3, 0.4) is 0 Å². The van der Waals surface area contributed by atoms with E-state index < -0.39 is 5.56 Å². The van der Waals surface area contributed by atoms with Gasteiger partial charge < -0.3 is 10.6 Å². The zero-order valence-corrected chi connectivity index (χ0v) is 13.1. The van der Waals surface area contributed by atoms with Crippen LogP contribution >= 0.6 is 0 Å². The Morgan fingerprint density at radius 3 is 2.65 bits per heavy atom. The minimum Gasteiger partial charge on any atom is -0.350 e. The molecular weight excluding hydrogens is 296 g/mol. The lowest BCUT2D eigenvalue weighted by molar-refractivity contribution is -0.130. The minimum absolute atomic E-state index is 0.0401. The first-order valence-electron chi connectivity index (χ1n) is 8.44. The summed E-state index contributed by atoms with van der Waals surface area (Å²) in [5.41, 5.74) is -0.212. The zero-order chi connectivity index (χ0) is 16.0. The van der Waals surface area contributed by atoms with Crippen LogP contribution in [-0.4, -0.2) is 28.0 Å². The summed E-state index contributed by atoms with van der Waals surface area (Å²) < 4.78 is 1.57. The lowest BCUT2D eigenvalue weighted by Gasteiger charge is -2.47. The van der Waals surface area contributed by atoms with Gasteiger partial charge in [-0.1, -0.05) is 12.8 Å². The maximum atomic E-state index is 12.4. The van der Waals surface area contributed by atoms with Gasteiger partial charge in [-0.2, -0.15) is 0 Å². The average molecular weight is 318 g/mol. The molecule has 2 aliphatic carbocycles. The highest BCUT2D eigenvalue weighted by molar-refractivity contribution is 5.84. The summed E-state index contributed by atoms with van der Waals surface area (Å²) in [4.78, 5) is 38.4. The van der Waals surface area contributed by atoms with Crippen molar-refractivity contribution in [1.82, 2.24) is 20.2 Å². The molecular formula is C16H22N4O3. The fourth-order valence-corrected chi connectivity index (χ4v) is 3.97. The predicted octanol–water partition coefficient (Wildman–Crippen LogP) is 0.0199. The first-order chi connectivity index (χ1) is 11.1. The van der Waals surface area contributed by atoms with E-state index in [-0.39, 0.29) is 35.6 Å². The molecule has 124 valence electrons. The molecule has 1 atom stereocenters. The molecule has 1 unspecified atom stereocenters. The largest absolute Gasteiger partial charge is 0.350 e. The van der Waals surface area contributed by atoms with Crippen molar-refractivity contribution >= 4 is 5.91 Å². The van der Waals surface area contributed by atoms with Crippen LogP contribution in [0.5, 0.6) is 0 Å². The number of carbonyl (C=O) groups is 1. The molecule has 2 saturated carbocycles. The number of carbonyl (C=O) groups excluding carboxylic acids is 1. The maximum Gasteiger partial charge on any atom is 0.328 e. The van der Waals surface area contributed by atoms with Crippen LogP contribution in [0.2, 0.25) is 0 Å². The van der Waals surface area contributed by atoms with Crippen molar-refractivity contribution in [3.05, 3.63) is 32.6 Å². The number of nitrogens with one attached hydrogen (secondary N) is 3. The Balaban J connectivity index is 1.45. The molecule has 1 spiro atoms. The highest BCUT2D eigenvalue weighted by Gasteiger charge is 2.51. The van der Waals surface area contributed by atoms with Crippen LogP contribution in [-0.2, 0) is 11.3 Å². The second kappa shape index (κ2) is 5.33. The minimum atomic E-state index is -0.413. The fraction of sp³-hybridized carbons (Fsp3) is 0.688. The first kappa shape index (κ1) is 14.7. The van der Waals surface area contributed by atoms with Crippen molar-refractivity contribution in [2.75, 3.05) is 6.54 Å². The molecule has 3 aliphatic rings. The van der Waals surface area contributed by atoms with Gasteiger partial charge in [0.05, 0.1) is 11.6 Å². The number of hydrogen-bond acceptors (Lipinski definition) is 4. The molecule has 1 aliphatic heterocycles. The third-order valence-corrected chi connectivity index (χ3v) is 5.57. The highest BCUT2D eigenvalue weighted by atomic mass is 16.2. The summed E-state index contributed by atoms with van der Waals surface area (Å²) >= 11 is 0. The Labute approximate surface area is 133 Å². The van der Waals surface area contributed by atoms with Gasteiger partial charge in [0.25, 0.3) is 5.56 Å². The number of amides is 1. The van der Waals surface area contributed by atoms with Crippen LogP contribution in [0.4, 0.5) is 0 Å². The fourth-order valence-electron chi connectivity index (χ4n) is 3.97. The number of aromatic nitrogens is 2. The van der Waals surface area contributed by atoms with E-state index in [1.165, 1.54) is 12.8 Å². The molecule has 1 saturated heterocycles. The van der Waals surface area contributed by atoms with Crippen molar-refractivity contribution in [1.29, 1.82) is 0 Å². The smallest absolute Gasteiger partial charge is 0.328 e. The molecule has 0 radical (unpaired) electrons. The molecule has 4 rings (SSSR count). The van der Waals surface area contributed by atoms with Gasteiger partial charge in [0.2, 0.25) is 5.91 Å². The molecule has 3 fully saturated rings. The highest BCUT2D eigenvalue weighted by Crippen LogP contribution is 2.45. The molecule has 1 amide bonds. The van der Waals surface area contributed by atoms with E-state index in [0.717, 1.165) is 32.2 Å². The van der Waals surface area contributed by atoms with Crippen LogP contribution in [0.1, 0.15) is 50.1 Å². The van der Waals surface area contributed by atoms with E-state index in [1.54, 1.807) is 10.8 Å². The summed E-state index contributed by atoms with van der Waals surface area (Å²) in [6, 6.07) is 0.0577. The quantitative estimate of drug-likeness (QED) is 0.729. The topological polar surface area (TPSA) is 96.0 Å². The Morgan fingerprint density at radius 2 is 2.04 bits per heavy atom. The second-order valence-corrected chi connectivity index (χ2v) is 7.15. The number of nitrogens with zero attached hydrogens (tertiary/aromatic N) is 1. The van der Waals surface area contributed by atoms with E-state index in [9.17, 15) is 14.4 Å². The van der Waals surface area contributed by atoms with Gasteiger partial charge in [0.15, 0.2) is 0 Å². The van der Waals surface area contributed by atoms with Gasteiger partial charge >= 0.3 is 5.69 Å². The van der Waals surface area contributed by atoms with E-state index in [2.05, 4.69) is 15.6 Å². The SMILES string of the molecule is O=C(NCc1cn(C2CC2)c(=O)[nH]c1=O)C1NCC12CCCC2. The van der Waals surface area contributed by atoms with E-state index in [1.807, 2.05) is 0 Å². The Hall–Kier alpha value is -1.89. The second-order valence-electron chi connectivity index (χ2n) is 7.15. The van der Waals surface area contributed by atoms with E-state index in [0.29, 0.717) is 5.56 Å². The standard InChI is InChI=1S/C16H22N4O3/c21-13-10(8-20(11-3-4-11)15(23)19-13)7-17-14(22)12-16(9-18-12)5-1-2-6-16/h8,11-12,18H,1-7,9H2,(H,17,22)(H,19,21,23). The van der Waals surface area contributed by atoms with Crippen LogP contribution < -0.4 is 21.9 Å². The summed E-state index contributed by atoms with van der Waals surface area (Å²) in [5.74, 6) is -0.0401. The van der Waals surface area contributed by atoms with Gasteiger partial charge in [-0.3, -0.25) is 19.1 Å². The predicted molar refractivity (Wildman–Crippen MR) is 84.1 cm³/mol. The Bertz CT molecular complexity index is 740. The Kier molecular flexibility index (Phi) is 3.41. The van der Waals surface area contributed by atoms with Gasteiger partial charge in [-0.25, -0.2) is 4.79 Å². The number of rotatable bonds is 4. The molecule has 1 aromatic rings. The molecule has 1 aromatic heterocycles. The summed E-state index contributed by atoms with van der Waals surface area (Å²) in [6.07, 6.45) is 8.11. The van der Waals surface area contributed by atoms with Gasteiger partial charge in [-0.05, 0) is 25.7 Å². The molecule has 7 nitrogen and oxygen atoms in total. The van der Waals surface area contributed by atoms with Gasteiger partial charge in [-0.15, -0.1) is 0 Å². The summed E-state index contributed by atoms with van der Waals surface area (Å²) in [7, 11) is 0. The molecule has 2 heterocycles. The van der Waals surface area contributed by atoms with Crippen molar-refractivity contribution in [2.24, 2.45) is 5.41 Å². The molecule has 23 heavy (non-hydrogen) atoms. The van der Waals surface area contributed by atoms with Crippen LogP contribution in [0.25, 0.3) is 0 Å². The molecule has 7 heteroatoms. The first-order valence-corrected chi connectivity index (χ1v) is 8.44. The summed E-state index contributed by atoms with van der Waals surface area (Å²) in [6.45, 7) is 1.08. The molecule has 0 bridgehead atoms. The number of H-pyrrole nitrogens is 1. The third-order valence-electron chi connectivity index (χ3n) is 5.57. The maximum absolute atomic E-state index is 12.4. The average Bonchev–Trinajstić information content (AvgIpc) is 3.20. The van der Waals surface area contributed by atoms with E-state index in [4.69, 9.17) is 0 Å². The van der Waals surface area contributed by atoms with Crippen molar-refractivity contribution in [2.45, 2.75) is 57.2 Å². The number of hydrogen-bond donors (Lipinski definition) is 3. The number of aromatic amines is 1. The van der Waals surface area contributed by atoms with Crippen molar-refractivity contribution in [3.8, 4) is 0 Å². The van der Waals surface area contributed by atoms with Gasteiger partial charge in [0, 0.05) is 30.7 Å². The lowest BCUT2D eigenvalue weighted by Crippen LogP contribution is -2.67. The van der Waals surface area contributed by atoms with Crippen molar-refractivity contribution in [3.63, 3.8) is 0 Å². The lowest BCUT2D eigenvalue weighted by atomic mass is 9.71. The van der Waals surface area contributed by atoms with Crippen LogP contribution in [0, 0.1) is 5.41 Å². The normalized spacial score (nSPS) is 25.3. The van der Waals surface area contributed by atoms with Crippen molar-refractivity contribution < 1.29 is 4.79 Å². The monoisotopic (exact) mass is 318 g/mol. The molecule has 3 N–H and O–H groups in total. The zero-order valence-electron chi connectivity index (χ0n) is 13.1. The summed E-state index contributed by atoms with van der Waals surface area (Å²) in [5, 5.41) is 6.09. The molecule has 0 aromatic carbocycles. The van der Waals surface area contributed by atoms with Gasteiger partial charge in [0.1, 0.15) is 0 Å². The Morgan fingerprint density at radius 1 is 1.30 bits per heavy atom. The third kappa shape index (κ3) is 2.52. The van der Waals surface area contributed by atoms with Crippen LogP contribution in [0.15, 0.2) is 15.8 Å². The van der Waals surface area contributed by atoms with E-state index >= 15 is 0 Å².